The molecule has 6 nitrogen and oxygen atoms in total. The van der Waals surface area contributed by atoms with Crippen LogP contribution in [0, 0.1) is 6.92 Å². The largest absolute Gasteiger partial charge is 0.357 e. The summed E-state index contributed by atoms with van der Waals surface area (Å²) in [5.74, 6) is 2.88. The molecule has 0 radical (unpaired) electrons. The molecule has 2 heterocycles. The number of hydrogen-bond acceptors (Lipinski definition) is 4. The van der Waals surface area contributed by atoms with E-state index in [1.54, 1.807) is 0 Å². The van der Waals surface area contributed by atoms with E-state index in [-0.39, 0.29) is 24.0 Å². The second kappa shape index (κ2) is 9.74. The molecule has 3 rings (SSSR count). The van der Waals surface area contributed by atoms with E-state index in [0.29, 0.717) is 30.6 Å². The summed E-state index contributed by atoms with van der Waals surface area (Å²) >= 11 is 0. The molecule has 1 aromatic carbocycles. The fourth-order valence-electron chi connectivity index (χ4n) is 3.07. The van der Waals surface area contributed by atoms with Crippen LogP contribution in [0.15, 0.2) is 39.8 Å². The van der Waals surface area contributed by atoms with Crippen molar-refractivity contribution in [2.45, 2.75) is 32.6 Å². The zero-order chi connectivity index (χ0) is 16.8. The fourth-order valence-corrected chi connectivity index (χ4v) is 3.07. The summed E-state index contributed by atoms with van der Waals surface area (Å²) in [6.07, 6.45) is 1.84. The Balaban J connectivity index is 0.00000225. The highest BCUT2D eigenvalue weighted by Gasteiger charge is 2.25. The van der Waals surface area contributed by atoms with Gasteiger partial charge < -0.3 is 14.7 Å². The van der Waals surface area contributed by atoms with Gasteiger partial charge in [-0.05, 0) is 25.8 Å². The summed E-state index contributed by atoms with van der Waals surface area (Å²) in [4.78, 5) is 11.3. The first kappa shape index (κ1) is 19.7. The lowest BCUT2D eigenvalue weighted by atomic mass is 9.99. The molecule has 136 valence electrons. The number of nitrogens with one attached hydrogen (secondary N) is 1. The van der Waals surface area contributed by atoms with Crippen LogP contribution in [-0.2, 0) is 6.42 Å². The van der Waals surface area contributed by atoms with Crippen molar-refractivity contribution in [3.05, 3.63) is 47.6 Å². The number of benzene rings is 1. The van der Waals surface area contributed by atoms with Gasteiger partial charge in [0.1, 0.15) is 0 Å². The van der Waals surface area contributed by atoms with Crippen molar-refractivity contribution in [1.29, 1.82) is 0 Å². The van der Waals surface area contributed by atoms with E-state index in [1.165, 1.54) is 5.56 Å². The Morgan fingerprint density at radius 1 is 1.36 bits per heavy atom. The molecule has 0 aliphatic carbocycles. The Morgan fingerprint density at radius 3 is 2.84 bits per heavy atom. The third-order valence-electron chi connectivity index (χ3n) is 4.25. The number of aliphatic imine (C=N–C) groups is 1. The second-order valence-corrected chi connectivity index (χ2v) is 6.06. The van der Waals surface area contributed by atoms with E-state index in [4.69, 9.17) is 9.52 Å². The molecule has 0 saturated carbocycles. The minimum absolute atomic E-state index is 0. The molecule has 1 aliphatic heterocycles. The lowest BCUT2D eigenvalue weighted by Gasteiger charge is -2.21. The van der Waals surface area contributed by atoms with E-state index in [1.807, 2.05) is 6.92 Å². The number of nitrogens with zero attached hydrogens (tertiary/aromatic N) is 4. The highest BCUT2D eigenvalue weighted by Crippen LogP contribution is 2.26. The van der Waals surface area contributed by atoms with Crippen LogP contribution < -0.4 is 5.32 Å². The molecule has 2 aromatic rings. The molecule has 1 saturated heterocycles. The summed E-state index contributed by atoms with van der Waals surface area (Å²) in [6.45, 7) is 7.48. The molecule has 0 amide bonds. The first-order valence-electron chi connectivity index (χ1n) is 8.63. The summed E-state index contributed by atoms with van der Waals surface area (Å²) in [7, 11) is 0. The number of hydrogen-bond donors (Lipinski definition) is 1. The van der Waals surface area contributed by atoms with E-state index in [9.17, 15) is 0 Å². The van der Waals surface area contributed by atoms with Gasteiger partial charge in [0.25, 0.3) is 0 Å². The Kier molecular flexibility index (Phi) is 7.67. The first-order chi connectivity index (χ1) is 11.8. The molecular formula is C18H26IN5O. The number of guanidine groups is 1. The SMILES string of the molecule is CCNC(=NCCc1nc(C)no1)N1CCC(c2ccccc2)C1.I. The number of halogens is 1. The van der Waals surface area contributed by atoms with Crippen molar-refractivity contribution in [2.75, 3.05) is 26.2 Å². The van der Waals surface area contributed by atoms with Gasteiger partial charge in [-0.2, -0.15) is 4.98 Å². The van der Waals surface area contributed by atoms with E-state index in [0.717, 1.165) is 32.0 Å². The normalized spacial score (nSPS) is 17.4. The Labute approximate surface area is 166 Å². The van der Waals surface area contributed by atoms with Crippen LogP contribution in [0.1, 0.15) is 36.5 Å². The lowest BCUT2D eigenvalue weighted by molar-refractivity contribution is 0.375. The highest BCUT2D eigenvalue weighted by molar-refractivity contribution is 14.0. The maximum atomic E-state index is 5.14. The van der Waals surface area contributed by atoms with Crippen LogP contribution in [0.25, 0.3) is 0 Å². The second-order valence-electron chi connectivity index (χ2n) is 6.06. The van der Waals surface area contributed by atoms with Crippen LogP contribution >= 0.6 is 24.0 Å². The molecule has 0 bridgehead atoms. The summed E-state index contributed by atoms with van der Waals surface area (Å²) < 4.78 is 5.14. The average Bonchev–Trinajstić information content (AvgIpc) is 3.24. The monoisotopic (exact) mass is 455 g/mol. The van der Waals surface area contributed by atoms with E-state index >= 15 is 0 Å². The Bertz CT molecular complexity index is 673. The van der Waals surface area contributed by atoms with Crippen molar-refractivity contribution >= 4 is 29.9 Å². The van der Waals surface area contributed by atoms with Gasteiger partial charge in [0, 0.05) is 32.0 Å². The van der Waals surface area contributed by atoms with Gasteiger partial charge in [-0.3, -0.25) is 4.99 Å². The predicted molar refractivity (Wildman–Crippen MR) is 110 cm³/mol. The van der Waals surface area contributed by atoms with Crippen molar-refractivity contribution in [3.63, 3.8) is 0 Å². The van der Waals surface area contributed by atoms with Crippen LogP contribution in [0.3, 0.4) is 0 Å². The van der Waals surface area contributed by atoms with Crippen LogP contribution in [0.2, 0.25) is 0 Å². The zero-order valence-electron chi connectivity index (χ0n) is 14.8. The summed E-state index contributed by atoms with van der Waals surface area (Å²) in [5, 5.41) is 7.21. The quantitative estimate of drug-likeness (QED) is 0.427. The fraction of sp³-hybridized carbons (Fsp3) is 0.500. The van der Waals surface area contributed by atoms with E-state index in [2.05, 4.69) is 57.6 Å². The highest BCUT2D eigenvalue weighted by atomic mass is 127. The maximum Gasteiger partial charge on any atom is 0.228 e. The van der Waals surface area contributed by atoms with Gasteiger partial charge in [0.05, 0.1) is 6.54 Å². The van der Waals surface area contributed by atoms with Gasteiger partial charge in [-0.15, -0.1) is 24.0 Å². The third-order valence-corrected chi connectivity index (χ3v) is 4.25. The smallest absolute Gasteiger partial charge is 0.228 e. The number of rotatable bonds is 5. The first-order valence-corrected chi connectivity index (χ1v) is 8.63. The van der Waals surface area contributed by atoms with Crippen LogP contribution in [-0.4, -0.2) is 47.2 Å². The van der Waals surface area contributed by atoms with Crippen LogP contribution in [0.4, 0.5) is 0 Å². The summed E-state index contributed by atoms with van der Waals surface area (Å²) in [6, 6.07) is 10.7. The van der Waals surface area contributed by atoms with Crippen molar-refractivity contribution in [2.24, 2.45) is 4.99 Å². The van der Waals surface area contributed by atoms with Crippen molar-refractivity contribution < 1.29 is 4.52 Å². The Morgan fingerprint density at radius 2 is 2.16 bits per heavy atom. The molecule has 1 atom stereocenters. The number of likely N-dealkylation sites (tertiary alicyclic amines) is 1. The molecule has 25 heavy (non-hydrogen) atoms. The molecular weight excluding hydrogens is 429 g/mol. The third kappa shape index (κ3) is 5.42. The molecule has 0 spiro atoms. The molecule has 1 unspecified atom stereocenters. The predicted octanol–water partition coefficient (Wildman–Crippen LogP) is 2.99. The molecule has 1 aromatic heterocycles. The minimum Gasteiger partial charge on any atom is -0.357 e. The van der Waals surface area contributed by atoms with Crippen molar-refractivity contribution in [1.82, 2.24) is 20.4 Å². The van der Waals surface area contributed by atoms with Gasteiger partial charge >= 0.3 is 0 Å². The Hall–Kier alpha value is -1.64. The van der Waals surface area contributed by atoms with Crippen LogP contribution in [0.5, 0.6) is 0 Å². The lowest BCUT2D eigenvalue weighted by Crippen LogP contribution is -2.40. The number of aryl methyl sites for hydroxylation is 1. The van der Waals surface area contributed by atoms with Crippen molar-refractivity contribution in [3.8, 4) is 0 Å². The topological polar surface area (TPSA) is 66.5 Å². The number of aromatic nitrogens is 2. The molecule has 7 heteroatoms. The molecule has 1 aliphatic rings. The standard InChI is InChI=1S/C18H25N5O.HI/c1-3-19-18(20-11-9-17-21-14(2)22-24-17)23-12-10-16(13-23)15-7-5-4-6-8-15;/h4-8,16H,3,9-13H2,1-2H3,(H,19,20);1H. The van der Waals surface area contributed by atoms with E-state index < -0.39 is 0 Å². The van der Waals surface area contributed by atoms with Gasteiger partial charge in [-0.25, -0.2) is 0 Å². The molecule has 1 fully saturated rings. The molecule has 1 N–H and O–H groups in total. The summed E-state index contributed by atoms with van der Waals surface area (Å²) in [5.41, 5.74) is 1.41. The van der Waals surface area contributed by atoms with Gasteiger partial charge in [0.15, 0.2) is 11.8 Å². The van der Waals surface area contributed by atoms with Gasteiger partial charge in [0.2, 0.25) is 5.89 Å². The minimum atomic E-state index is 0. The average molecular weight is 455 g/mol. The maximum absolute atomic E-state index is 5.14. The van der Waals surface area contributed by atoms with Gasteiger partial charge in [-0.1, -0.05) is 35.5 Å². The zero-order valence-corrected chi connectivity index (χ0v) is 17.1.